The molecule has 3 amide bonds. The highest BCUT2D eigenvalue weighted by atomic mass is 16.2. The topological polar surface area (TPSA) is 82.9 Å². The Hall–Kier alpha value is -3.19. The minimum Gasteiger partial charge on any atom is -0.355 e. The van der Waals surface area contributed by atoms with Gasteiger partial charge in [0.1, 0.15) is 0 Å². The maximum absolute atomic E-state index is 12.5. The van der Waals surface area contributed by atoms with Crippen LogP contribution in [-0.2, 0) is 4.79 Å². The third-order valence-corrected chi connectivity index (χ3v) is 4.85. The van der Waals surface area contributed by atoms with Crippen molar-refractivity contribution in [3.63, 3.8) is 0 Å². The first-order valence-corrected chi connectivity index (χ1v) is 9.36. The molecule has 3 N–H and O–H groups in total. The van der Waals surface area contributed by atoms with E-state index in [2.05, 4.69) is 10.6 Å². The fraction of sp³-hybridized carbons (Fsp3) is 0.286. The molecule has 2 aromatic carbocycles. The van der Waals surface area contributed by atoms with Gasteiger partial charge in [-0.2, -0.15) is 0 Å². The molecule has 0 unspecified atom stereocenters. The van der Waals surface area contributed by atoms with Gasteiger partial charge in [0.05, 0.1) is 26.2 Å². The fourth-order valence-electron chi connectivity index (χ4n) is 3.25. The molecule has 3 rings (SSSR count). The Bertz CT molecular complexity index is 828. The van der Waals surface area contributed by atoms with E-state index < -0.39 is 0 Å². The summed E-state index contributed by atoms with van der Waals surface area (Å²) < 4.78 is 0. The average Bonchev–Trinajstić information content (AvgIpc) is 2.74. The highest BCUT2D eigenvalue weighted by molar-refractivity contribution is 5.96. The average molecular weight is 381 g/mol. The van der Waals surface area contributed by atoms with Gasteiger partial charge >= 0.3 is 0 Å². The molecule has 2 aromatic rings. The van der Waals surface area contributed by atoms with Crippen LogP contribution in [0, 0.1) is 0 Å². The van der Waals surface area contributed by atoms with E-state index in [1.165, 1.54) is 0 Å². The van der Waals surface area contributed by atoms with Gasteiger partial charge < -0.3 is 20.4 Å². The number of carbonyl (C=O) groups is 3. The van der Waals surface area contributed by atoms with Crippen molar-refractivity contribution in [3.8, 4) is 0 Å². The van der Waals surface area contributed by atoms with Gasteiger partial charge in [-0.15, -0.1) is 0 Å². The van der Waals surface area contributed by atoms with E-state index in [1.807, 2.05) is 35.2 Å². The van der Waals surface area contributed by atoms with Crippen molar-refractivity contribution in [2.24, 2.45) is 0 Å². The van der Waals surface area contributed by atoms with Crippen molar-refractivity contribution in [2.75, 3.05) is 45.1 Å². The molecule has 146 valence electrons. The van der Waals surface area contributed by atoms with Crippen molar-refractivity contribution < 1.29 is 19.3 Å². The summed E-state index contributed by atoms with van der Waals surface area (Å²) in [6.45, 7) is 3.10. The minimum absolute atomic E-state index is 0.0420. The Balaban J connectivity index is 1.46. The molecule has 0 aromatic heterocycles. The second-order valence-corrected chi connectivity index (χ2v) is 6.79. The number of anilines is 1. The Morgan fingerprint density at radius 2 is 1.57 bits per heavy atom. The summed E-state index contributed by atoms with van der Waals surface area (Å²) in [5, 5.41) is 5.42. The Morgan fingerprint density at radius 1 is 0.929 bits per heavy atom. The van der Waals surface area contributed by atoms with Crippen LogP contribution in [0.3, 0.4) is 0 Å². The van der Waals surface area contributed by atoms with Crippen molar-refractivity contribution in [3.05, 3.63) is 65.7 Å². The van der Waals surface area contributed by atoms with E-state index in [9.17, 15) is 14.4 Å². The summed E-state index contributed by atoms with van der Waals surface area (Å²) in [7, 11) is 1.58. The van der Waals surface area contributed by atoms with E-state index in [4.69, 9.17) is 0 Å². The molecule has 7 heteroatoms. The van der Waals surface area contributed by atoms with Crippen molar-refractivity contribution in [1.82, 2.24) is 10.2 Å². The van der Waals surface area contributed by atoms with Crippen molar-refractivity contribution in [1.29, 1.82) is 0 Å². The number of hydrogen-bond donors (Lipinski definition) is 3. The lowest BCUT2D eigenvalue weighted by molar-refractivity contribution is -0.895. The normalized spacial score (nSPS) is 14.4. The molecule has 1 aliphatic rings. The molecular formula is C21H25N4O3+. The summed E-state index contributed by atoms with van der Waals surface area (Å²) in [6.07, 6.45) is 0. The molecule has 0 bridgehead atoms. The van der Waals surface area contributed by atoms with Gasteiger partial charge in [0.2, 0.25) is 0 Å². The number of carbonyl (C=O) groups excluding carboxylic acids is 3. The van der Waals surface area contributed by atoms with E-state index in [0.717, 1.165) is 18.0 Å². The maximum atomic E-state index is 12.5. The second kappa shape index (κ2) is 9.14. The molecular weight excluding hydrogens is 356 g/mol. The molecule has 0 aliphatic carbocycles. The van der Waals surface area contributed by atoms with Gasteiger partial charge in [-0.25, -0.2) is 0 Å². The minimum atomic E-state index is -0.162. The highest BCUT2D eigenvalue weighted by Gasteiger charge is 2.25. The number of rotatable bonds is 5. The summed E-state index contributed by atoms with van der Waals surface area (Å²) in [5.74, 6) is -0.198. The number of nitrogens with zero attached hydrogens (tertiary/aromatic N) is 1. The van der Waals surface area contributed by atoms with Gasteiger partial charge in [-0.3, -0.25) is 14.4 Å². The molecule has 0 spiro atoms. The van der Waals surface area contributed by atoms with Crippen LogP contribution in [0.4, 0.5) is 5.69 Å². The van der Waals surface area contributed by atoms with Crippen LogP contribution >= 0.6 is 0 Å². The van der Waals surface area contributed by atoms with Crippen LogP contribution in [0.5, 0.6) is 0 Å². The van der Waals surface area contributed by atoms with Crippen molar-refractivity contribution in [2.45, 2.75) is 0 Å². The number of benzene rings is 2. The zero-order valence-corrected chi connectivity index (χ0v) is 15.9. The van der Waals surface area contributed by atoms with Gasteiger partial charge in [0.25, 0.3) is 17.7 Å². The van der Waals surface area contributed by atoms with E-state index in [0.29, 0.717) is 36.4 Å². The number of hydrogen-bond acceptors (Lipinski definition) is 3. The van der Waals surface area contributed by atoms with Crippen LogP contribution in [-0.4, -0.2) is 62.4 Å². The lowest BCUT2D eigenvalue weighted by Gasteiger charge is -2.32. The quantitative estimate of drug-likeness (QED) is 0.683. The first kappa shape index (κ1) is 19.6. The second-order valence-electron chi connectivity index (χ2n) is 6.79. The maximum Gasteiger partial charge on any atom is 0.279 e. The SMILES string of the molecule is CNC(=O)c1ccc(NC(=O)C[NH+]2CCN(C(=O)c3ccccc3)CC2)cc1. The Kier molecular flexibility index (Phi) is 6.39. The molecule has 1 heterocycles. The molecule has 28 heavy (non-hydrogen) atoms. The Labute approximate surface area is 164 Å². The van der Waals surface area contributed by atoms with Gasteiger partial charge in [0, 0.05) is 23.9 Å². The lowest BCUT2D eigenvalue weighted by atomic mass is 10.2. The zero-order valence-electron chi connectivity index (χ0n) is 15.9. The van der Waals surface area contributed by atoms with E-state index >= 15 is 0 Å². The molecule has 7 nitrogen and oxygen atoms in total. The van der Waals surface area contributed by atoms with Gasteiger partial charge in [-0.05, 0) is 36.4 Å². The predicted molar refractivity (Wildman–Crippen MR) is 106 cm³/mol. The van der Waals surface area contributed by atoms with Crippen LogP contribution in [0.15, 0.2) is 54.6 Å². The molecule has 1 saturated heterocycles. The van der Waals surface area contributed by atoms with E-state index in [1.54, 1.807) is 31.3 Å². The fourth-order valence-corrected chi connectivity index (χ4v) is 3.25. The molecule has 0 saturated carbocycles. The lowest BCUT2D eigenvalue weighted by Crippen LogP contribution is -3.15. The third kappa shape index (κ3) is 4.95. The number of amides is 3. The molecule has 0 radical (unpaired) electrons. The van der Waals surface area contributed by atoms with Crippen LogP contribution in [0.1, 0.15) is 20.7 Å². The first-order valence-electron chi connectivity index (χ1n) is 9.36. The smallest absolute Gasteiger partial charge is 0.279 e. The van der Waals surface area contributed by atoms with Crippen LogP contribution < -0.4 is 15.5 Å². The highest BCUT2D eigenvalue weighted by Crippen LogP contribution is 2.09. The largest absolute Gasteiger partial charge is 0.355 e. The first-order chi connectivity index (χ1) is 13.6. The predicted octanol–water partition coefficient (Wildman–Crippen LogP) is 0.0256. The molecule has 1 aliphatic heterocycles. The van der Waals surface area contributed by atoms with Crippen molar-refractivity contribution >= 4 is 23.4 Å². The molecule has 0 atom stereocenters. The standard InChI is InChI=1S/C21H24N4O3/c1-22-20(27)16-7-9-18(10-8-16)23-19(26)15-24-11-13-25(14-12-24)21(28)17-5-3-2-4-6-17/h2-10H,11-15H2,1H3,(H,22,27)(H,23,26)/p+1. The van der Waals surface area contributed by atoms with E-state index in [-0.39, 0.29) is 17.7 Å². The summed E-state index contributed by atoms with van der Waals surface area (Å²) in [6, 6.07) is 16.0. The van der Waals surface area contributed by atoms with Gasteiger partial charge in [-0.1, -0.05) is 18.2 Å². The Morgan fingerprint density at radius 3 is 2.18 bits per heavy atom. The van der Waals surface area contributed by atoms with Crippen LogP contribution in [0.25, 0.3) is 0 Å². The number of quaternary nitrogens is 1. The zero-order chi connectivity index (χ0) is 19.9. The number of nitrogens with one attached hydrogen (secondary N) is 3. The summed E-state index contributed by atoms with van der Waals surface area (Å²) >= 11 is 0. The monoisotopic (exact) mass is 381 g/mol. The number of piperazine rings is 1. The summed E-state index contributed by atoms with van der Waals surface area (Å²) in [4.78, 5) is 39.3. The summed E-state index contributed by atoms with van der Waals surface area (Å²) in [5.41, 5.74) is 1.91. The third-order valence-electron chi connectivity index (χ3n) is 4.85. The molecule has 1 fully saturated rings. The van der Waals surface area contributed by atoms with Gasteiger partial charge in [0.15, 0.2) is 6.54 Å². The van der Waals surface area contributed by atoms with Crippen LogP contribution in [0.2, 0.25) is 0 Å².